The van der Waals surface area contributed by atoms with Gasteiger partial charge in [0.05, 0.1) is 50.9 Å². The maximum absolute atomic E-state index is 16.7. The lowest BCUT2D eigenvalue weighted by Crippen LogP contribution is -2.26. The van der Waals surface area contributed by atoms with E-state index in [9.17, 15) is 0 Å². The van der Waals surface area contributed by atoms with Crippen molar-refractivity contribution in [2.75, 3.05) is 28.4 Å². The van der Waals surface area contributed by atoms with Crippen LogP contribution in [0, 0.1) is 0 Å². The third-order valence-electron chi connectivity index (χ3n) is 7.52. The molecule has 4 aromatic rings. The minimum absolute atomic E-state index is 0.584. The smallest absolute Gasteiger partial charge is 0.126 e. The molecule has 2 atom stereocenters. The second kappa shape index (κ2) is 12.2. The highest BCUT2D eigenvalue weighted by Gasteiger charge is 2.54. The van der Waals surface area contributed by atoms with Gasteiger partial charge in [-0.2, -0.15) is 0 Å². The Labute approximate surface area is 238 Å². The highest BCUT2D eigenvalue weighted by Crippen LogP contribution is 2.80. The highest BCUT2D eigenvalue weighted by atomic mass is 31.2. The van der Waals surface area contributed by atoms with Gasteiger partial charge in [-0.15, -0.1) is 0 Å². The second-order valence-corrected chi connectivity index (χ2v) is 14.5. The molecule has 210 valence electrons. The van der Waals surface area contributed by atoms with Gasteiger partial charge < -0.3 is 23.5 Å². The lowest BCUT2D eigenvalue weighted by molar-refractivity contribution is 0.382. The number of benzene rings is 4. The van der Waals surface area contributed by atoms with E-state index in [2.05, 4.69) is 20.8 Å². The Kier molecular flexibility index (Phi) is 8.95. The fourth-order valence-electron chi connectivity index (χ4n) is 5.65. The first-order chi connectivity index (χ1) is 19.2. The minimum atomic E-state index is -3.49. The molecular formula is C34H39O5P. The molecule has 0 saturated carbocycles. The molecule has 2 unspecified atom stereocenters. The Morgan fingerprint density at radius 2 is 0.800 bits per heavy atom. The van der Waals surface area contributed by atoms with Gasteiger partial charge in [-0.1, -0.05) is 93.6 Å². The van der Waals surface area contributed by atoms with Crippen LogP contribution in [0.5, 0.6) is 23.0 Å². The zero-order valence-electron chi connectivity index (χ0n) is 24.4. The Hall–Kier alpha value is -3.69. The molecule has 0 radical (unpaired) electrons. The summed E-state index contributed by atoms with van der Waals surface area (Å²) >= 11 is 0. The molecule has 0 aliphatic carbocycles. The maximum atomic E-state index is 16.7. The van der Waals surface area contributed by atoms with Crippen LogP contribution in [0.25, 0.3) is 0 Å². The average Bonchev–Trinajstić information content (AvgIpc) is 2.98. The van der Waals surface area contributed by atoms with Crippen LogP contribution < -0.4 is 18.9 Å². The molecule has 0 N–H and O–H groups in total. The van der Waals surface area contributed by atoms with Crippen molar-refractivity contribution in [1.29, 1.82) is 0 Å². The Morgan fingerprint density at radius 1 is 0.500 bits per heavy atom. The monoisotopic (exact) mass is 558 g/mol. The average molecular weight is 559 g/mol. The standard InChI is InChI=1S/C34H39O5P/c1-34(2,3)40(35,32(24-16-10-8-11-17-24)30-26(36-4)20-14-21-27(30)37-5)33(25-18-12-9-13-19-25)31-28(38-6)22-15-23-29(31)39-7/h8-23,32-33H,1-7H3. The van der Waals surface area contributed by atoms with E-state index < -0.39 is 23.6 Å². The van der Waals surface area contributed by atoms with E-state index >= 15 is 4.57 Å². The number of methoxy groups -OCH3 is 4. The van der Waals surface area contributed by atoms with E-state index in [0.717, 1.165) is 22.3 Å². The topological polar surface area (TPSA) is 54.0 Å². The summed E-state index contributed by atoms with van der Waals surface area (Å²) in [4.78, 5) is 0. The van der Waals surface area contributed by atoms with E-state index in [-0.39, 0.29) is 0 Å². The van der Waals surface area contributed by atoms with Crippen molar-refractivity contribution >= 4 is 7.14 Å². The summed E-state index contributed by atoms with van der Waals surface area (Å²) < 4.78 is 40.4. The van der Waals surface area contributed by atoms with Gasteiger partial charge in [-0.05, 0) is 35.4 Å². The van der Waals surface area contributed by atoms with E-state index in [1.807, 2.05) is 97.1 Å². The molecule has 4 aromatic carbocycles. The van der Waals surface area contributed by atoms with E-state index in [1.165, 1.54) is 0 Å². The van der Waals surface area contributed by atoms with Gasteiger partial charge in [0.15, 0.2) is 0 Å². The molecule has 0 heterocycles. The first kappa shape index (κ1) is 29.3. The molecule has 0 spiro atoms. The van der Waals surface area contributed by atoms with E-state index in [1.54, 1.807) is 28.4 Å². The number of hydrogen-bond acceptors (Lipinski definition) is 5. The van der Waals surface area contributed by atoms with Crippen LogP contribution in [-0.2, 0) is 4.57 Å². The first-order valence-corrected chi connectivity index (χ1v) is 15.2. The minimum Gasteiger partial charge on any atom is -0.496 e. The van der Waals surface area contributed by atoms with Crippen LogP contribution in [0.1, 0.15) is 54.3 Å². The van der Waals surface area contributed by atoms with Gasteiger partial charge in [0, 0.05) is 5.16 Å². The fraction of sp³-hybridized carbons (Fsp3) is 0.294. The van der Waals surface area contributed by atoms with Gasteiger partial charge in [0.1, 0.15) is 30.1 Å². The lowest BCUT2D eigenvalue weighted by Gasteiger charge is -2.44. The quantitative estimate of drug-likeness (QED) is 0.182. The van der Waals surface area contributed by atoms with Gasteiger partial charge in [0.2, 0.25) is 0 Å². The van der Waals surface area contributed by atoms with Gasteiger partial charge in [0.25, 0.3) is 0 Å². The third kappa shape index (κ3) is 5.23. The van der Waals surface area contributed by atoms with Crippen LogP contribution in [0.15, 0.2) is 97.1 Å². The Morgan fingerprint density at radius 3 is 1.05 bits per heavy atom. The molecule has 4 rings (SSSR count). The van der Waals surface area contributed by atoms with Crippen molar-refractivity contribution in [2.45, 2.75) is 37.2 Å². The van der Waals surface area contributed by atoms with Crippen molar-refractivity contribution in [2.24, 2.45) is 0 Å². The summed E-state index contributed by atoms with van der Waals surface area (Å²) in [5.74, 6) is 2.49. The molecule has 0 fully saturated rings. The summed E-state index contributed by atoms with van der Waals surface area (Å²) in [6.07, 6.45) is 0. The fourth-order valence-corrected chi connectivity index (χ4v) is 10.0. The van der Waals surface area contributed by atoms with Crippen molar-refractivity contribution < 1.29 is 23.5 Å². The molecule has 0 aliphatic heterocycles. The van der Waals surface area contributed by atoms with Gasteiger partial charge in [-0.3, -0.25) is 0 Å². The number of hydrogen-bond donors (Lipinski definition) is 0. The van der Waals surface area contributed by atoms with Crippen LogP contribution in [0.3, 0.4) is 0 Å². The molecule has 40 heavy (non-hydrogen) atoms. The summed E-state index contributed by atoms with van der Waals surface area (Å²) in [5.41, 5.74) is 2.18. The summed E-state index contributed by atoms with van der Waals surface area (Å²) in [6, 6.07) is 31.4. The van der Waals surface area contributed by atoms with E-state index in [0.29, 0.717) is 23.0 Å². The third-order valence-corrected chi connectivity index (χ3v) is 12.3. The van der Waals surface area contributed by atoms with Crippen LogP contribution in [0.2, 0.25) is 0 Å². The number of rotatable bonds is 10. The second-order valence-electron chi connectivity index (χ2n) is 10.7. The maximum Gasteiger partial charge on any atom is 0.126 e. The molecule has 0 amide bonds. The van der Waals surface area contributed by atoms with Crippen LogP contribution in [0.4, 0.5) is 0 Å². The molecule has 0 bridgehead atoms. The van der Waals surface area contributed by atoms with E-state index in [4.69, 9.17) is 18.9 Å². The summed E-state index contributed by atoms with van der Waals surface area (Å²) in [7, 11) is 3.07. The predicted octanol–water partition coefficient (Wildman–Crippen LogP) is 8.76. The normalized spacial score (nSPS) is 14.5. The largest absolute Gasteiger partial charge is 0.496 e. The van der Waals surface area contributed by atoms with Crippen molar-refractivity contribution in [3.8, 4) is 23.0 Å². The molecular weight excluding hydrogens is 519 g/mol. The molecule has 6 heteroatoms. The van der Waals surface area contributed by atoms with Crippen molar-refractivity contribution in [3.63, 3.8) is 0 Å². The molecule has 0 aliphatic rings. The Balaban J connectivity index is 2.23. The lowest BCUT2D eigenvalue weighted by atomic mass is 10.0. The van der Waals surface area contributed by atoms with Gasteiger partial charge in [-0.25, -0.2) is 0 Å². The molecule has 5 nitrogen and oxygen atoms in total. The summed E-state index contributed by atoms with van der Waals surface area (Å²) in [5, 5.41) is -0.689. The van der Waals surface area contributed by atoms with Crippen molar-refractivity contribution in [1.82, 2.24) is 0 Å². The number of ether oxygens (including phenoxy) is 4. The summed E-state index contributed by atoms with van der Waals surface area (Å²) in [6.45, 7) is 6.18. The van der Waals surface area contributed by atoms with Crippen LogP contribution in [-0.4, -0.2) is 33.6 Å². The first-order valence-electron chi connectivity index (χ1n) is 13.3. The van der Waals surface area contributed by atoms with Gasteiger partial charge >= 0.3 is 0 Å². The van der Waals surface area contributed by atoms with Crippen LogP contribution >= 0.6 is 7.14 Å². The Bertz CT molecular complexity index is 1310. The SMILES string of the molecule is COc1cccc(OC)c1C(c1ccccc1)P(=O)(C(c1ccccc1)c1c(OC)cccc1OC)C(C)(C)C. The highest BCUT2D eigenvalue weighted by molar-refractivity contribution is 7.66. The zero-order chi connectivity index (χ0) is 28.9. The van der Waals surface area contributed by atoms with Crippen molar-refractivity contribution in [3.05, 3.63) is 119 Å². The molecule has 0 aromatic heterocycles. The molecule has 0 saturated heterocycles. The predicted molar refractivity (Wildman–Crippen MR) is 163 cm³/mol. The zero-order valence-corrected chi connectivity index (χ0v) is 25.3.